The average molecular weight is 269 g/mol. The van der Waals surface area contributed by atoms with Gasteiger partial charge in [-0.3, -0.25) is 9.48 Å². The lowest BCUT2D eigenvalue weighted by Gasteiger charge is -2.36. The van der Waals surface area contributed by atoms with Gasteiger partial charge in [-0.05, 0) is 6.92 Å². The van der Waals surface area contributed by atoms with E-state index in [1.165, 1.54) is 0 Å². The van der Waals surface area contributed by atoms with Gasteiger partial charge in [0.2, 0.25) is 0 Å². The van der Waals surface area contributed by atoms with E-state index < -0.39 is 0 Å². The number of hydrogen-bond acceptors (Lipinski definition) is 5. The molecule has 7 heteroatoms. The lowest BCUT2D eigenvalue weighted by molar-refractivity contribution is 0.0692. The van der Waals surface area contributed by atoms with Gasteiger partial charge in [-0.2, -0.15) is 11.8 Å². The summed E-state index contributed by atoms with van der Waals surface area (Å²) in [6.45, 7) is 6.09. The third-order valence-electron chi connectivity index (χ3n) is 3.26. The molecular weight excluding hydrogens is 250 g/mol. The molecule has 0 aliphatic carbocycles. The first-order chi connectivity index (χ1) is 8.63. The maximum absolute atomic E-state index is 12.3. The lowest BCUT2D eigenvalue weighted by atomic mass is 10.2. The Morgan fingerprint density at radius 2 is 2.39 bits per heavy atom. The Morgan fingerprint density at radius 3 is 3.11 bits per heavy atom. The van der Waals surface area contributed by atoms with Crippen molar-refractivity contribution in [2.45, 2.75) is 31.7 Å². The predicted octanol–water partition coefficient (Wildman–Crippen LogP) is 0.203. The number of aromatic nitrogens is 3. The van der Waals surface area contributed by atoms with E-state index in [2.05, 4.69) is 24.2 Å². The van der Waals surface area contributed by atoms with E-state index in [4.69, 9.17) is 5.73 Å². The SMILES string of the molecule is CC1SCCN(C(=O)c2cn(CCN)nn2)C1C. The zero-order valence-corrected chi connectivity index (χ0v) is 11.6. The maximum Gasteiger partial charge on any atom is 0.276 e. The van der Waals surface area contributed by atoms with Gasteiger partial charge in [-0.15, -0.1) is 5.10 Å². The zero-order chi connectivity index (χ0) is 13.1. The summed E-state index contributed by atoms with van der Waals surface area (Å²) in [6.07, 6.45) is 1.67. The van der Waals surface area contributed by atoms with Crippen LogP contribution in [0.25, 0.3) is 0 Å². The van der Waals surface area contributed by atoms with Crippen molar-refractivity contribution in [3.05, 3.63) is 11.9 Å². The first-order valence-electron chi connectivity index (χ1n) is 6.16. The summed E-state index contributed by atoms with van der Waals surface area (Å²) in [5.74, 6) is 0.951. The number of carbonyl (C=O) groups excluding carboxylic acids is 1. The van der Waals surface area contributed by atoms with Crippen molar-refractivity contribution in [2.75, 3.05) is 18.8 Å². The third-order valence-corrected chi connectivity index (χ3v) is 4.60. The molecule has 1 aliphatic heterocycles. The average Bonchev–Trinajstić information content (AvgIpc) is 2.81. The Labute approximate surface area is 111 Å². The summed E-state index contributed by atoms with van der Waals surface area (Å²) >= 11 is 1.90. The van der Waals surface area contributed by atoms with Crippen molar-refractivity contribution in [3.63, 3.8) is 0 Å². The van der Waals surface area contributed by atoms with Crippen LogP contribution in [0.2, 0.25) is 0 Å². The Kier molecular flexibility index (Phi) is 4.23. The van der Waals surface area contributed by atoms with E-state index in [0.29, 0.717) is 24.0 Å². The van der Waals surface area contributed by atoms with E-state index in [0.717, 1.165) is 12.3 Å². The number of nitrogens with zero attached hydrogens (tertiary/aromatic N) is 4. The molecule has 18 heavy (non-hydrogen) atoms. The van der Waals surface area contributed by atoms with Crippen LogP contribution in [0.3, 0.4) is 0 Å². The summed E-state index contributed by atoms with van der Waals surface area (Å²) in [4.78, 5) is 14.2. The highest BCUT2D eigenvalue weighted by Crippen LogP contribution is 2.25. The number of hydrogen-bond donors (Lipinski definition) is 1. The second-order valence-corrected chi connectivity index (χ2v) is 5.96. The monoisotopic (exact) mass is 269 g/mol. The molecule has 1 aromatic heterocycles. The van der Waals surface area contributed by atoms with Gasteiger partial charge in [0.25, 0.3) is 5.91 Å². The van der Waals surface area contributed by atoms with E-state index in [1.807, 2.05) is 16.7 Å². The molecule has 1 aliphatic rings. The van der Waals surface area contributed by atoms with Gasteiger partial charge in [0.05, 0.1) is 12.7 Å². The molecule has 6 nitrogen and oxygen atoms in total. The molecule has 0 saturated carbocycles. The lowest BCUT2D eigenvalue weighted by Crippen LogP contribution is -2.48. The third kappa shape index (κ3) is 2.67. The summed E-state index contributed by atoms with van der Waals surface area (Å²) < 4.78 is 1.61. The van der Waals surface area contributed by atoms with Crippen molar-refractivity contribution in [1.29, 1.82) is 0 Å². The number of amides is 1. The van der Waals surface area contributed by atoms with Crippen LogP contribution in [0.4, 0.5) is 0 Å². The van der Waals surface area contributed by atoms with Crippen LogP contribution < -0.4 is 5.73 Å². The standard InChI is InChI=1S/C11H19N5OS/c1-8-9(2)18-6-5-16(8)11(17)10-7-15(4-3-12)14-13-10/h7-9H,3-6,12H2,1-2H3. The molecule has 2 N–H and O–H groups in total. The number of rotatable bonds is 3. The Bertz CT molecular complexity index is 421. The highest BCUT2D eigenvalue weighted by Gasteiger charge is 2.30. The molecular formula is C11H19N5OS. The molecule has 100 valence electrons. The van der Waals surface area contributed by atoms with Gasteiger partial charge in [-0.1, -0.05) is 12.1 Å². The molecule has 1 saturated heterocycles. The smallest absolute Gasteiger partial charge is 0.276 e. The number of carbonyl (C=O) groups is 1. The van der Waals surface area contributed by atoms with Gasteiger partial charge < -0.3 is 10.6 Å². The predicted molar refractivity (Wildman–Crippen MR) is 71.5 cm³/mol. The minimum Gasteiger partial charge on any atom is -0.333 e. The van der Waals surface area contributed by atoms with Crippen molar-refractivity contribution in [1.82, 2.24) is 19.9 Å². The van der Waals surface area contributed by atoms with Crippen LogP contribution in [0.15, 0.2) is 6.20 Å². The van der Waals surface area contributed by atoms with Gasteiger partial charge in [0, 0.05) is 30.1 Å². The summed E-state index contributed by atoms with van der Waals surface area (Å²) in [7, 11) is 0. The first-order valence-corrected chi connectivity index (χ1v) is 7.21. The van der Waals surface area contributed by atoms with Gasteiger partial charge >= 0.3 is 0 Å². The fourth-order valence-electron chi connectivity index (χ4n) is 2.00. The Morgan fingerprint density at radius 1 is 1.61 bits per heavy atom. The van der Waals surface area contributed by atoms with Crippen molar-refractivity contribution < 1.29 is 4.79 Å². The molecule has 2 rings (SSSR count). The largest absolute Gasteiger partial charge is 0.333 e. The Hall–Kier alpha value is -1.08. The highest BCUT2D eigenvalue weighted by molar-refractivity contribution is 8.00. The van der Waals surface area contributed by atoms with Crippen LogP contribution in [0.5, 0.6) is 0 Å². The topological polar surface area (TPSA) is 77.0 Å². The van der Waals surface area contributed by atoms with Crippen molar-refractivity contribution in [2.24, 2.45) is 5.73 Å². The van der Waals surface area contributed by atoms with Crippen LogP contribution in [0.1, 0.15) is 24.3 Å². The summed E-state index contributed by atoms with van der Waals surface area (Å²) in [5.41, 5.74) is 5.85. The second-order valence-electron chi connectivity index (χ2n) is 4.47. The summed E-state index contributed by atoms with van der Waals surface area (Å²) in [5, 5.41) is 8.29. The van der Waals surface area contributed by atoms with Gasteiger partial charge in [0.15, 0.2) is 5.69 Å². The second kappa shape index (κ2) is 5.71. The molecule has 2 unspecified atom stereocenters. The molecule has 1 fully saturated rings. The molecule has 0 aromatic carbocycles. The summed E-state index contributed by atoms with van der Waals surface area (Å²) in [6, 6.07) is 0.232. The molecule has 2 atom stereocenters. The van der Waals surface area contributed by atoms with Crippen LogP contribution in [-0.4, -0.2) is 55.9 Å². The number of nitrogens with two attached hydrogens (primary N) is 1. The van der Waals surface area contributed by atoms with E-state index in [1.54, 1.807) is 10.9 Å². The van der Waals surface area contributed by atoms with E-state index in [9.17, 15) is 4.79 Å². The molecule has 0 bridgehead atoms. The first kappa shape index (κ1) is 13.4. The minimum atomic E-state index is -0.0297. The molecule has 2 heterocycles. The normalized spacial score (nSPS) is 24.3. The van der Waals surface area contributed by atoms with Crippen molar-refractivity contribution >= 4 is 17.7 Å². The van der Waals surface area contributed by atoms with E-state index >= 15 is 0 Å². The molecule has 1 amide bonds. The van der Waals surface area contributed by atoms with Crippen LogP contribution >= 0.6 is 11.8 Å². The maximum atomic E-state index is 12.3. The molecule has 1 aromatic rings. The van der Waals surface area contributed by atoms with Gasteiger partial charge in [-0.25, -0.2) is 0 Å². The van der Waals surface area contributed by atoms with Crippen molar-refractivity contribution in [3.8, 4) is 0 Å². The fraction of sp³-hybridized carbons (Fsp3) is 0.727. The minimum absolute atomic E-state index is 0.0297. The number of thioether (sulfide) groups is 1. The Balaban J connectivity index is 2.09. The molecule has 0 radical (unpaired) electrons. The van der Waals surface area contributed by atoms with Gasteiger partial charge in [0.1, 0.15) is 0 Å². The highest BCUT2D eigenvalue weighted by atomic mass is 32.2. The fourth-order valence-corrected chi connectivity index (χ4v) is 3.10. The van der Waals surface area contributed by atoms with Crippen LogP contribution in [-0.2, 0) is 6.54 Å². The molecule has 0 spiro atoms. The van der Waals surface area contributed by atoms with E-state index in [-0.39, 0.29) is 11.9 Å². The zero-order valence-electron chi connectivity index (χ0n) is 10.7. The van der Waals surface area contributed by atoms with Crippen LogP contribution in [0, 0.1) is 0 Å². The quantitative estimate of drug-likeness (QED) is 0.848.